The second kappa shape index (κ2) is 5.15. The molecule has 1 unspecified atom stereocenters. The maximum Gasteiger partial charge on any atom is 0.344 e. The molecule has 1 heterocycles. The standard InChI is InChI=1S/C16H19F2NO/c17-16(18)14(13-9-5-2-6-10-13)19(15(16)20)11-12-7-3-1-4-8-12/h1,3-4,7-8,13-14H,2,5-6,9-11H2. The van der Waals surface area contributed by atoms with Crippen LogP contribution in [0, 0.1) is 5.92 Å². The monoisotopic (exact) mass is 279 g/mol. The number of amides is 1. The molecule has 1 aliphatic carbocycles. The Hall–Kier alpha value is -1.45. The summed E-state index contributed by atoms with van der Waals surface area (Å²) in [6.45, 7) is 0.302. The number of carbonyl (C=O) groups excluding carboxylic acids is 1. The van der Waals surface area contributed by atoms with Crippen molar-refractivity contribution in [2.45, 2.75) is 50.6 Å². The van der Waals surface area contributed by atoms with Gasteiger partial charge in [0.2, 0.25) is 0 Å². The first kappa shape index (κ1) is 13.5. The maximum atomic E-state index is 13.9. The molecule has 1 saturated carbocycles. The molecule has 1 atom stereocenters. The topological polar surface area (TPSA) is 20.3 Å². The predicted octanol–water partition coefficient (Wildman–Crippen LogP) is 3.61. The lowest BCUT2D eigenvalue weighted by Crippen LogP contribution is -2.71. The molecule has 4 heteroatoms. The number of rotatable bonds is 3. The van der Waals surface area contributed by atoms with Crippen LogP contribution in [0.5, 0.6) is 0 Å². The van der Waals surface area contributed by atoms with Crippen LogP contribution in [0.4, 0.5) is 8.78 Å². The lowest BCUT2D eigenvalue weighted by molar-refractivity contribution is -0.215. The molecule has 2 aliphatic rings. The van der Waals surface area contributed by atoms with Crippen molar-refractivity contribution in [2.24, 2.45) is 5.92 Å². The lowest BCUT2D eigenvalue weighted by atomic mass is 9.76. The fourth-order valence-electron chi connectivity index (χ4n) is 3.52. The van der Waals surface area contributed by atoms with Crippen LogP contribution >= 0.6 is 0 Å². The largest absolute Gasteiger partial charge is 0.344 e. The van der Waals surface area contributed by atoms with Gasteiger partial charge in [-0.3, -0.25) is 4.79 Å². The fourth-order valence-corrected chi connectivity index (χ4v) is 3.52. The van der Waals surface area contributed by atoms with Crippen LogP contribution in [0.25, 0.3) is 0 Å². The average Bonchev–Trinajstić information content (AvgIpc) is 2.48. The van der Waals surface area contributed by atoms with Crippen LogP contribution in [0.3, 0.4) is 0 Å². The van der Waals surface area contributed by atoms with Crippen LogP contribution in [-0.2, 0) is 11.3 Å². The number of nitrogens with zero attached hydrogens (tertiary/aromatic N) is 1. The van der Waals surface area contributed by atoms with Gasteiger partial charge in [0.25, 0.3) is 5.91 Å². The second-order valence-corrected chi connectivity index (χ2v) is 5.88. The summed E-state index contributed by atoms with van der Waals surface area (Å²) < 4.78 is 27.9. The maximum absolute atomic E-state index is 13.9. The molecule has 0 N–H and O–H groups in total. The average molecular weight is 279 g/mol. The summed E-state index contributed by atoms with van der Waals surface area (Å²) in [5.41, 5.74) is 0.914. The van der Waals surface area contributed by atoms with Crippen molar-refractivity contribution in [1.29, 1.82) is 0 Å². The molecule has 0 radical (unpaired) electrons. The smallest absolute Gasteiger partial charge is 0.323 e. The van der Waals surface area contributed by atoms with Crippen LogP contribution < -0.4 is 0 Å². The minimum Gasteiger partial charge on any atom is -0.323 e. The summed E-state index contributed by atoms with van der Waals surface area (Å²) in [4.78, 5) is 13.1. The Balaban J connectivity index is 1.76. The van der Waals surface area contributed by atoms with E-state index in [1.54, 1.807) is 0 Å². The van der Waals surface area contributed by atoms with Gasteiger partial charge in [0.1, 0.15) is 6.04 Å². The lowest BCUT2D eigenvalue weighted by Gasteiger charge is -2.51. The van der Waals surface area contributed by atoms with E-state index in [1.807, 2.05) is 30.3 Å². The number of hydrogen-bond acceptors (Lipinski definition) is 1. The van der Waals surface area contributed by atoms with Gasteiger partial charge in [0.05, 0.1) is 0 Å². The molecule has 1 amide bonds. The first-order valence-electron chi connectivity index (χ1n) is 7.33. The molecule has 1 aromatic carbocycles. The summed E-state index contributed by atoms with van der Waals surface area (Å²) in [5, 5.41) is 0. The molecule has 20 heavy (non-hydrogen) atoms. The summed E-state index contributed by atoms with van der Waals surface area (Å²) in [5.74, 6) is -4.20. The quantitative estimate of drug-likeness (QED) is 0.774. The number of alkyl halides is 2. The van der Waals surface area contributed by atoms with E-state index in [9.17, 15) is 13.6 Å². The highest BCUT2D eigenvalue weighted by molar-refractivity contribution is 5.91. The van der Waals surface area contributed by atoms with Gasteiger partial charge in [-0.25, -0.2) is 0 Å². The summed E-state index contributed by atoms with van der Waals surface area (Å²) in [6, 6.07) is 8.48. The van der Waals surface area contributed by atoms with Crippen LogP contribution in [0.15, 0.2) is 30.3 Å². The van der Waals surface area contributed by atoms with Crippen LogP contribution in [-0.4, -0.2) is 22.8 Å². The van der Waals surface area contributed by atoms with Crippen LogP contribution in [0.1, 0.15) is 37.7 Å². The first-order chi connectivity index (χ1) is 9.60. The summed E-state index contributed by atoms with van der Waals surface area (Å²) in [7, 11) is 0. The van der Waals surface area contributed by atoms with Crippen molar-refractivity contribution in [3.8, 4) is 0 Å². The zero-order chi connectivity index (χ0) is 14.2. The van der Waals surface area contributed by atoms with Gasteiger partial charge in [0.15, 0.2) is 0 Å². The Labute approximate surface area is 117 Å². The molecule has 3 rings (SSSR count). The van der Waals surface area contributed by atoms with Gasteiger partial charge in [-0.15, -0.1) is 0 Å². The minimum absolute atomic E-state index is 0.0415. The van der Waals surface area contributed by atoms with E-state index in [-0.39, 0.29) is 5.92 Å². The molecule has 0 spiro atoms. The van der Waals surface area contributed by atoms with Gasteiger partial charge in [0, 0.05) is 6.54 Å². The number of benzene rings is 1. The number of likely N-dealkylation sites (tertiary alicyclic amines) is 1. The molecule has 2 nitrogen and oxygen atoms in total. The summed E-state index contributed by atoms with van der Waals surface area (Å²) in [6.07, 6.45) is 4.77. The van der Waals surface area contributed by atoms with Gasteiger partial charge < -0.3 is 4.90 Å². The van der Waals surface area contributed by atoms with E-state index in [0.717, 1.165) is 37.7 Å². The highest BCUT2D eigenvalue weighted by Crippen LogP contribution is 2.45. The highest BCUT2D eigenvalue weighted by Gasteiger charge is 2.65. The fraction of sp³-hybridized carbons (Fsp3) is 0.562. The van der Waals surface area contributed by atoms with E-state index in [4.69, 9.17) is 0 Å². The predicted molar refractivity (Wildman–Crippen MR) is 72.3 cm³/mol. The number of hydrogen-bond donors (Lipinski definition) is 0. The first-order valence-corrected chi connectivity index (χ1v) is 7.33. The van der Waals surface area contributed by atoms with Crippen molar-refractivity contribution < 1.29 is 13.6 Å². The molecule has 1 saturated heterocycles. The Bertz CT molecular complexity index is 483. The zero-order valence-electron chi connectivity index (χ0n) is 11.4. The molecule has 2 fully saturated rings. The van der Waals surface area contributed by atoms with Gasteiger partial charge in [-0.2, -0.15) is 8.78 Å². The number of halogens is 2. The molecule has 1 aromatic rings. The Morgan fingerprint density at radius 2 is 1.75 bits per heavy atom. The Morgan fingerprint density at radius 3 is 2.40 bits per heavy atom. The highest BCUT2D eigenvalue weighted by atomic mass is 19.3. The van der Waals surface area contributed by atoms with E-state index in [0.29, 0.717) is 6.54 Å². The summed E-state index contributed by atoms with van der Waals surface area (Å²) >= 11 is 0. The number of carbonyl (C=O) groups is 1. The number of β-lactam (4-membered cyclic amide) rings is 1. The molecule has 1 aliphatic heterocycles. The van der Waals surface area contributed by atoms with Crippen molar-refractivity contribution in [3.05, 3.63) is 35.9 Å². The minimum atomic E-state index is -3.16. The van der Waals surface area contributed by atoms with Crippen LogP contribution in [0.2, 0.25) is 0 Å². The van der Waals surface area contributed by atoms with Gasteiger partial charge in [-0.05, 0) is 24.3 Å². The second-order valence-electron chi connectivity index (χ2n) is 5.88. The third-order valence-electron chi connectivity index (χ3n) is 4.55. The van der Waals surface area contributed by atoms with E-state index < -0.39 is 17.9 Å². The van der Waals surface area contributed by atoms with E-state index in [2.05, 4.69) is 0 Å². The zero-order valence-corrected chi connectivity index (χ0v) is 11.4. The molecular weight excluding hydrogens is 260 g/mol. The molecule has 0 aromatic heterocycles. The Kier molecular flexibility index (Phi) is 3.48. The third-order valence-corrected chi connectivity index (χ3v) is 4.55. The van der Waals surface area contributed by atoms with Crippen molar-refractivity contribution in [3.63, 3.8) is 0 Å². The normalized spacial score (nSPS) is 26.4. The molecule has 108 valence electrons. The van der Waals surface area contributed by atoms with Crippen molar-refractivity contribution >= 4 is 5.91 Å². The SMILES string of the molecule is O=C1N(Cc2ccccc2)C(C2CCCCC2)C1(F)F. The van der Waals surface area contributed by atoms with Gasteiger partial charge >= 0.3 is 5.92 Å². The van der Waals surface area contributed by atoms with Gasteiger partial charge in [-0.1, -0.05) is 49.6 Å². The molecule has 0 bridgehead atoms. The third kappa shape index (κ3) is 2.21. The Morgan fingerprint density at radius 1 is 1.10 bits per heavy atom. The van der Waals surface area contributed by atoms with Crippen molar-refractivity contribution in [2.75, 3.05) is 0 Å². The van der Waals surface area contributed by atoms with E-state index in [1.165, 1.54) is 4.90 Å². The molecular formula is C16H19F2NO. The van der Waals surface area contributed by atoms with E-state index >= 15 is 0 Å². The van der Waals surface area contributed by atoms with Crippen molar-refractivity contribution in [1.82, 2.24) is 4.90 Å².